The van der Waals surface area contributed by atoms with Crippen LogP contribution in [-0.4, -0.2) is 29.3 Å². The van der Waals surface area contributed by atoms with Crippen LogP contribution >= 0.6 is 0 Å². The van der Waals surface area contributed by atoms with Crippen molar-refractivity contribution in [3.63, 3.8) is 0 Å². The van der Waals surface area contributed by atoms with Gasteiger partial charge in [0.15, 0.2) is 0 Å². The zero-order chi connectivity index (χ0) is 17.1. The molecule has 0 aromatic heterocycles. The second-order valence-electron chi connectivity index (χ2n) is 4.51. The van der Waals surface area contributed by atoms with E-state index in [1.54, 1.807) is 7.11 Å². The third kappa shape index (κ3) is 7.10. The lowest BCUT2D eigenvalue weighted by atomic mass is 10.2. The van der Waals surface area contributed by atoms with Crippen molar-refractivity contribution in [2.24, 2.45) is 0 Å². The molecule has 3 N–H and O–H groups in total. The van der Waals surface area contributed by atoms with E-state index in [0.717, 1.165) is 18.8 Å². The van der Waals surface area contributed by atoms with E-state index in [1.165, 1.54) is 11.1 Å². The van der Waals surface area contributed by atoms with Gasteiger partial charge < -0.3 is 20.3 Å². The molecule has 0 atom stereocenters. The quantitative estimate of drug-likeness (QED) is 0.731. The molecule has 23 heavy (non-hydrogen) atoms. The predicted molar refractivity (Wildman–Crippen MR) is 85.3 cm³/mol. The van der Waals surface area contributed by atoms with E-state index in [2.05, 4.69) is 35.6 Å². The average Bonchev–Trinajstić information content (AvgIpc) is 2.57. The van der Waals surface area contributed by atoms with Crippen molar-refractivity contribution >= 4 is 11.9 Å². The average molecular weight is 317 g/mol. The summed E-state index contributed by atoms with van der Waals surface area (Å²) < 4.78 is 5.31. The van der Waals surface area contributed by atoms with E-state index in [9.17, 15) is 0 Å². The maximum absolute atomic E-state index is 9.10. The molecule has 0 spiro atoms. The number of hydrogen-bond acceptors (Lipinski definition) is 4. The minimum atomic E-state index is -1.82. The van der Waals surface area contributed by atoms with Crippen LogP contribution in [0.25, 0.3) is 0 Å². The summed E-state index contributed by atoms with van der Waals surface area (Å²) in [6.45, 7) is 1.69. The molecule has 0 bridgehead atoms. The number of carbonyl (C=O) groups is 2. The third-order valence-electron chi connectivity index (χ3n) is 2.86. The van der Waals surface area contributed by atoms with Crippen LogP contribution in [0.3, 0.4) is 0 Å². The Morgan fingerprint density at radius 2 is 1.48 bits per heavy atom. The molecule has 2 aromatic carbocycles. The number of hydrogen-bond donors (Lipinski definition) is 3. The van der Waals surface area contributed by atoms with Gasteiger partial charge >= 0.3 is 11.9 Å². The molecule has 0 radical (unpaired) electrons. The van der Waals surface area contributed by atoms with Crippen molar-refractivity contribution in [1.29, 1.82) is 0 Å². The van der Waals surface area contributed by atoms with Crippen LogP contribution in [0.2, 0.25) is 0 Å². The highest BCUT2D eigenvalue weighted by Gasteiger charge is 2.04. The van der Waals surface area contributed by atoms with Crippen LogP contribution in [0.15, 0.2) is 54.6 Å². The molecular weight excluding hydrogens is 298 g/mol. The summed E-state index contributed by atoms with van der Waals surface area (Å²) in [4.78, 5) is 18.2. The Bertz CT molecular complexity index is 616. The first-order chi connectivity index (χ1) is 11.0. The summed E-state index contributed by atoms with van der Waals surface area (Å²) >= 11 is 0. The molecule has 0 aliphatic rings. The summed E-state index contributed by atoms with van der Waals surface area (Å²) in [5, 5.41) is 18.2. The molecule has 0 aliphatic carbocycles. The summed E-state index contributed by atoms with van der Waals surface area (Å²) in [5.74, 6) is -2.71. The number of carboxylic acids is 2. The van der Waals surface area contributed by atoms with Gasteiger partial charge in [-0.2, -0.15) is 0 Å². The Morgan fingerprint density at radius 1 is 0.913 bits per heavy atom. The minimum Gasteiger partial charge on any atom is -0.496 e. The van der Waals surface area contributed by atoms with Crippen molar-refractivity contribution in [3.05, 3.63) is 65.7 Å². The Kier molecular flexibility index (Phi) is 7.88. The highest BCUT2D eigenvalue weighted by atomic mass is 16.5. The van der Waals surface area contributed by atoms with Crippen LogP contribution in [0.5, 0.6) is 5.75 Å². The molecule has 0 heterocycles. The van der Waals surface area contributed by atoms with Crippen molar-refractivity contribution in [2.75, 3.05) is 7.11 Å². The molecule has 122 valence electrons. The first-order valence-corrected chi connectivity index (χ1v) is 6.87. The Hall–Kier alpha value is -2.86. The van der Waals surface area contributed by atoms with Crippen LogP contribution in [-0.2, 0) is 22.7 Å². The summed E-state index contributed by atoms with van der Waals surface area (Å²) in [5.41, 5.74) is 2.48. The fraction of sp³-hybridized carbons (Fsp3) is 0.176. The van der Waals surface area contributed by atoms with Gasteiger partial charge in [-0.15, -0.1) is 0 Å². The van der Waals surface area contributed by atoms with Crippen molar-refractivity contribution in [2.45, 2.75) is 13.1 Å². The van der Waals surface area contributed by atoms with Gasteiger partial charge in [0.1, 0.15) is 5.75 Å². The van der Waals surface area contributed by atoms with E-state index < -0.39 is 11.9 Å². The van der Waals surface area contributed by atoms with Gasteiger partial charge in [-0.3, -0.25) is 0 Å². The van der Waals surface area contributed by atoms with Gasteiger partial charge in [0.2, 0.25) is 0 Å². The number of carboxylic acid groups (broad SMARTS) is 2. The van der Waals surface area contributed by atoms with E-state index >= 15 is 0 Å². The fourth-order valence-corrected chi connectivity index (χ4v) is 1.79. The van der Waals surface area contributed by atoms with Crippen LogP contribution in [0.4, 0.5) is 0 Å². The zero-order valence-corrected chi connectivity index (χ0v) is 12.7. The first kappa shape index (κ1) is 18.2. The number of benzene rings is 2. The number of nitrogens with one attached hydrogen (secondary N) is 1. The molecule has 0 unspecified atom stereocenters. The van der Waals surface area contributed by atoms with E-state index in [4.69, 9.17) is 24.5 Å². The van der Waals surface area contributed by atoms with Gasteiger partial charge in [0.25, 0.3) is 0 Å². The summed E-state index contributed by atoms with van der Waals surface area (Å²) in [7, 11) is 1.70. The lowest BCUT2D eigenvalue weighted by Crippen LogP contribution is -2.13. The molecule has 0 aliphatic heterocycles. The highest BCUT2D eigenvalue weighted by molar-refractivity contribution is 6.27. The fourth-order valence-electron chi connectivity index (χ4n) is 1.79. The van der Waals surface area contributed by atoms with E-state index in [1.807, 2.05) is 24.3 Å². The standard InChI is InChI=1S/C15H17NO.C2H2O4/c1-17-15-10-6-5-9-14(15)12-16-11-13-7-3-2-4-8-13;3-1(4)2(5)6/h2-10,16H,11-12H2,1H3;(H,3,4)(H,5,6). The number of aliphatic carboxylic acids is 2. The lowest BCUT2D eigenvalue weighted by Gasteiger charge is -2.09. The monoisotopic (exact) mass is 317 g/mol. The van der Waals surface area contributed by atoms with E-state index in [0.29, 0.717) is 0 Å². The molecule has 2 rings (SSSR count). The Morgan fingerprint density at radius 3 is 2.04 bits per heavy atom. The number of para-hydroxylation sites is 1. The molecular formula is C17H19NO5. The van der Waals surface area contributed by atoms with Crippen molar-refractivity contribution < 1.29 is 24.5 Å². The van der Waals surface area contributed by atoms with Crippen LogP contribution < -0.4 is 10.1 Å². The SMILES string of the molecule is COc1ccccc1CNCc1ccccc1.O=C(O)C(=O)O. The number of rotatable bonds is 5. The molecule has 2 aromatic rings. The molecule has 0 amide bonds. The largest absolute Gasteiger partial charge is 0.496 e. The smallest absolute Gasteiger partial charge is 0.414 e. The molecule has 0 saturated heterocycles. The maximum Gasteiger partial charge on any atom is 0.414 e. The van der Waals surface area contributed by atoms with Crippen LogP contribution in [0.1, 0.15) is 11.1 Å². The minimum absolute atomic E-state index is 0.818. The number of ether oxygens (including phenoxy) is 1. The molecule has 6 nitrogen and oxygen atoms in total. The summed E-state index contributed by atoms with van der Waals surface area (Å²) in [6, 6.07) is 18.5. The third-order valence-corrected chi connectivity index (χ3v) is 2.86. The maximum atomic E-state index is 9.10. The lowest BCUT2D eigenvalue weighted by molar-refractivity contribution is -0.159. The van der Waals surface area contributed by atoms with Gasteiger partial charge in [0, 0.05) is 18.7 Å². The first-order valence-electron chi connectivity index (χ1n) is 6.87. The van der Waals surface area contributed by atoms with Gasteiger partial charge in [-0.05, 0) is 11.6 Å². The van der Waals surface area contributed by atoms with Gasteiger partial charge in [0.05, 0.1) is 7.11 Å². The van der Waals surface area contributed by atoms with Crippen LogP contribution in [0, 0.1) is 0 Å². The second-order valence-corrected chi connectivity index (χ2v) is 4.51. The van der Waals surface area contributed by atoms with Crippen molar-refractivity contribution in [3.8, 4) is 5.75 Å². The second kappa shape index (κ2) is 9.97. The molecule has 0 fully saturated rings. The molecule has 6 heteroatoms. The Labute approximate surface area is 134 Å². The highest BCUT2D eigenvalue weighted by Crippen LogP contribution is 2.16. The topological polar surface area (TPSA) is 95.9 Å². The predicted octanol–water partition coefficient (Wildman–Crippen LogP) is 2.14. The normalized spacial score (nSPS) is 9.43. The number of methoxy groups -OCH3 is 1. The van der Waals surface area contributed by atoms with Gasteiger partial charge in [-0.25, -0.2) is 9.59 Å². The summed E-state index contributed by atoms with van der Waals surface area (Å²) in [6.07, 6.45) is 0. The van der Waals surface area contributed by atoms with Gasteiger partial charge in [-0.1, -0.05) is 48.5 Å². The van der Waals surface area contributed by atoms with Crippen molar-refractivity contribution in [1.82, 2.24) is 5.32 Å². The molecule has 0 saturated carbocycles. The Balaban J connectivity index is 0.000000379. The zero-order valence-electron chi connectivity index (χ0n) is 12.7. The van der Waals surface area contributed by atoms with E-state index in [-0.39, 0.29) is 0 Å².